The predicted molar refractivity (Wildman–Crippen MR) is 109 cm³/mol. The Morgan fingerprint density at radius 1 is 0.880 bits per heavy atom. The molecule has 25 heavy (non-hydrogen) atoms. The van der Waals surface area contributed by atoms with Crippen LogP contribution in [0.15, 0.2) is 60.7 Å². The molecule has 2 aromatic rings. The van der Waals surface area contributed by atoms with Gasteiger partial charge in [0.2, 0.25) is 0 Å². The van der Waals surface area contributed by atoms with Crippen LogP contribution in [0.3, 0.4) is 0 Å². The highest BCUT2D eigenvalue weighted by atomic mass is 16.5. The van der Waals surface area contributed by atoms with Crippen molar-refractivity contribution in [2.45, 2.75) is 54.4 Å². The molecule has 0 atom stereocenters. The van der Waals surface area contributed by atoms with E-state index in [0.29, 0.717) is 0 Å². The minimum Gasteiger partial charge on any atom is -0.497 e. The van der Waals surface area contributed by atoms with Gasteiger partial charge in [-0.1, -0.05) is 89.6 Å². The van der Waals surface area contributed by atoms with Crippen LogP contribution >= 0.6 is 0 Å². The number of para-hydroxylation sites is 1. The molecule has 0 aliphatic carbocycles. The summed E-state index contributed by atoms with van der Waals surface area (Å²) in [5, 5.41) is 7.42. The number of aryl methyl sites for hydroxylation is 1. The molecule has 0 aliphatic rings. The largest absolute Gasteiger partial charge is 0.497 e. The van der Waals surface area contributed by atoms with E-state index in [1.807, 2.05) is 58.0 Å². The summed E-state index contributed by atoms with van der Waals surface area (Å²) in [6, 6.07) is 20.3. The number of rotatable bonds is 3. The van der Waals surface area contributed by atoms with Crippen LogP contribution in [0.1, 0.15) is 53.5 Å². The molecule has 0 aromatic heterocycles. The molecule has 0 saturated heterocycles. The molecule has 0 amide bonds. The van der Waals surface area contributed by atoms with Gasteiger partial charge in [-0.3, -0.25) is 4.79 Å². The van der Waals surface area contributed by atoms with Gasteiger partial charge in [-0.2, -0.15) is 0 Å². The van der Waals surface area contributed by atoms with E-state index in [9.17, 15) is 0 Å². The van der Waals surface area contributed by atoms with Crippen molar-refractivity contribution in [3.05, 3.63) is 66.2 Å². The summed E-state index contributed by atoms with van der Waals surface area (Å²) in [6.07, 6.45) is 2.45. The summed E-state index contributed by atoms with van der Waals surface area (Å²) in [6.45, 7) is 11.3. The van der Waals surface area contributed by atoms with Crippen molar-refractivity contribution < 1.29 is 14.6 Å². The first-order valence-corrected chi connectivity index (χ1v) is 8.92. The Kier molecular flexibility index (Phi) is 26.4. The molecule has 0 unspecified atom stereocenters. The van der Waals surface area contributed by atoms with Crippen LogP contribution in [-0.4, -0.2) is 18.2 Å². The van der Waals surface area contributed by atoms with E-state index in [1.165, 1.54) is 18.4 Å². The standard InChI is InChI=1S/C9H12.C7H8O.C2H4O2.2C2H6/c1-2-6-9-7-4-3-5-8-9;1-8-7-5-3-2-4-6-7;1-2(3)4;2*1-2/h3-5,7-8H,2,6H2,1H3;2-6H,1H3;1H3,(H,3,4);2*1-2H3. The van der Waals surface area contributed by atoms with E-state index in [4.69, 9.17) is 14.6 Å². The molecule has 0 bridgehead atoms. The van der Waals surface area contributed by atoms with Crippen molar-refractivity contribution in [2.75, 3.05) is 7.11 Å². The molecule has 1 N–H and O–H groups in total. The molecule has 0 heterocycles. The molecule has 0 radical (unpaired) electrons. The Labute approximate surface area is 154 Å². The molecule has 0 spiro atoms. The fourth-order valence-electron chi connectivity index (χ4n) is 1.49. The topological polar surface area (TPSA) is 46.5 Å². The molecule has 0 saturated carbocycles. The highest BCUT2D eigenvalue weighted by molar-refractivity contribution is 5.62. The second-order valence-electron chi connectivity index (χ2n) is 4.27. The van der Waals surface area contributed by atoms with E-state index in [-0.39, 0.29) is 0 Å². The summed E-state index contributed by atoms with van der Waals surface area (Å²) in [5.74, 6) is 0.0764. The summed E-state index contributed by atoms with van der Waals surface area (Å²) < 4.78 is 4.91. The monoisotopic (exact) mass is 348 g/mol. The molecule has 2 aromatic carbocycles. The van der Waals surface area contributed by atoms with E-state index in [1.54, 1.807) is 7.11 Å². The molecule has 3 nitrogen and oxygen atoms in total. The minimum absolute atomic E-state index is 0.833. The Balaban J connectivity index is -0.000000278. The third-order valence-electron chi connectivity index (χ3n) is 2.36. The SMILES string of the molecule is CC.CC.CC(=O)O.CCCc1ccccc1.COc1ccccc1. The Bertz CT molecular complexity index is 463. The van der Waals surface area contributed by atoms with Crippen molar-refractivity contribution in [1.29, 1.82) is 0 Å². The summed E-state index contributed by atoms with van der Waals surface area (Å²) in [7, 11) is 1.66. The zero-order valence-electron chi connectivity index (χ0n) is 17.0. The van der Waals surface area contributed by atoms with Gasteiger partial charge >= 0.3 is 0 Å². The quantitative estimate of drug-likeness (QED) is 0.690. The van der Waals surface area contributed by atoms with E-state index < -0.39 is 5.97 Å². The number of ether oxygens (including phenoxy) is 1. The zero-order chi connectivity index (χ0) is 19.9. The van der Waals surface area contributed by atoms with Crippen LogP contribution in [0, 0.1) is 0 Å². The molecular weight excluding hydrogens is 312 g/mol. The van der Waals surface area contributed by atoms with E-state index in [0.717, 1.165) is 12.7 Å². The van der Waals surface area contributed by atoms with Crippen LogP contribution in [0.2, 0.25) is 0 Å². The minimum atomic E-state index is -0.833. The number of carboxylic acid groups (broad SMARTS) is 1. The fraction of sp³-hybridized carbons (Fsp3) is 0.409. The average Bonchev–Trinajstić information content (AvgIpc) is 2.67. The Morgan fingerprint density at radius 2 is 1.24 bits per heavy atom. The maximum Gasteiger partial charge on any atom is 0.300 e. The van der Waals surface area contributed by atoms with Crippen LogP contribution in [0.4, 0.5) is 0 Å². The van der Waals surface area contributed by atoms with Gasteiger partial charge in [0, 0.05) is 6.92 Å². The smallest absolute Gasteiger partial charge is 0.300 e. The molecule has 0 fully saturated rings. The lowest BCUT2D eigenvalue weighted by atomic mass is 10.1. The van der Waals surface area contributed by atoms with Crippen LogP contribution in [0.5, 0.6) is 5.75 Å². The molecule has 142 valence electrons. The highest BCUT2D eigenvalue weighted by Crippen LogP contribution is 2.05. The van der Waals surface area contributed by atoms with E-state index in [2.05, 4.69) is 37.3 Å². The van der Waals surface area contributed by atoms with Gasteiger partial charge in [-0.05, 0) is 24.1 Å². The maximum atomic E-state index is 9.00. The highest BCUT2D eigenvalue weighted by Gasteiger charge is 1.84. The zero-order valence-corrected chi connectivity index (χ0v) is 17.0. The summed E-state index contributed by atoms with van der Waals surface area (Å²) >= 11 is 0. The third-order valence-corrected chi connectivity index (χ3v) is 2.36. The lowest BCUT2D eigenvalue weighted by Crippen LogP contribution is -1.78. The summed E-state index contributed by atoms with van der Waals surface area (Å²) in [4.78, 5) is 9.00. The van der Waals surface area contributed by atoms with Crippen molar-refractivity contribution in [3.8, 4) is 5.75 Å². The first kappa shape index (κ1) is 27.6. The normalized spacial score (nSPS) is 7.64. The molecule has 0 aliphatic heterocycles. The average molecular weight is 349 g/mol. The second-order valence-corrected chi connectivity index (χ2v) is 4.27. The lowest BCUT2D eigenvalue weighted by Gasteiger charge is -1.93. The van der Waals surface area contributed by atoms with Crippen LogP contribution < -0.4 is 4.74 Å². The predicted octanol–water partition coefficient (Wildman–Crippen LogP) is 6.48. The Morgan fingerprint density at radius 3 is 1.52 bits per heavy atom. The van der Waals surface area contributed by atoms with Gasteiger partial charge in [-0.25, -0.2) is 0 Å². The van der Waals surface area contributed by atoms with Crippen molar-refractivity contribution in [1.82, 2.24) is 0 Å². The second kappa shape index (κ2) is 24.0. The van der Waals surface area contributed by atoms with Gasteiger partial charge in [0.1, 0.15) is 5.75 Å². The maximum absolute atomic E-state index is 9.00. The third kappa shape index (κ3) is 24.1. The van der Waals surface area contributed by atoms with Crippen LogP contribution in [0.25, 0.3) is 0 Å². The lowest BCUT2D eigenvalue weighted by molar-refractivity contribution is -0.134. The fourth-order valence-corrected chi connectivity index (χ4v) is 1.49. The van der Waals surface area contributed by atoms with Crippen molar-refractivity contribution in [2.24, 2.45) is 0 Å². The number of aliphatic carboxylic acids is 1. The van der Waals surface area contributed by atoms with Gasteiger partial charge in [0.15, 0.2) is 0 Å². The first-order chi connectivity index (χ1) is 12.1. The molecule has 2 rings (SSSR count). The Hall–Kier alpha value is -2.29. The van der Waals surface area contributed by atoms with Gasteiger partial charge in [0.25, 0.3) is 5.97 Å². The van der Waals surface area contributed by atoms with Crippen LogP contribution in [-0.2, 0) is 11.2 Å². The molecular formula is C22H36O3. The number of methoxy groups -OCH3 is 1. The van der Waals surface area contributed by atoms with Gasteiger partial charge in [0.05, 0.1) is 7.11 Å². The number of hydrogen-bond acceptors (Lipinski definition) is 2. The van der Waals surface area contributed by atoms with Gasteiger partial charge in [-0.15, -0.1) is 0 Å². The number of carboxylic acids is 1. The summed E-state index contributed by atoms with van der Waals surface area (Å²) in [5.41, 5.74) is 1.44. The molecule has 3 heteroatoms. The van der Waals surface area contributed by atoms with Gasteiger partial charge < -0.3 is 9.84 Å². The number of benzene rings is 2. The van der Waals surface area contributed by atoms with Crippen molar-refractivity contribution >= 4 is 5.97 Å². The number of hydrogen-bond donors (Lipinski definition) is 1. The van der Waals surface area contributed by atoms with Crippen molar-refractivity contribution in [3.63, 3.8) is 0 Å². The number of carbonyl (C=O) groups is 1. The van der Waals surface area contributed by atoms with E-state index >= 15 is 0 Å². The first-order valence-electron chi connectivity index (χ1n) is 8.92.